The van der Waals surface area contributed by atoms with Crippen LogP contribution in [0.5, 0.6) is 0 Å². The Bertz CT molecular complexity index is 568. The van der Waals surface area contributed by atoms with E-state index in [1.807, 2.05) is 60.7 Å². The summed E-state index contributed by atoms with van der Waals surface area (Å²) >= 11 is 0. The van der Waals surface area contributed by atoms with Crippen molar-refractivity contribution >= 4 is 17.8 Å². The first-order valence-corrected chi connectivity index (χ1v) is 6.36. The molecule has 4 heteroatoms. The van der Waals surface area contributed by atoms with Crippen molar-refractivity contribution in [3.05, 3.63) is 66.2 Å². The molecule has 2 rings (SSSR count). The molecule has 102 valence electrons. The molecule has 0 aliphatic heterocycles. The molecule has 1 atom stereocenters. The number of hydrogen-bond donors (Lipinski definition) is 1. The predicted octanol–water partition coefficient (Wildman–Crippen LogP) is 3.06. The van der Waals surface area contributed by atoms with Crippen molar-refractivity contribution in [2.45, 2.75) is 13.0 Å². The number of carbonyl (C=O) groups is 1. The van der Waals surface area contributed by atoms with Gasteiger partial charge in [-0.15, -0.1) is 0 Å². The quantitative estimate of drug-likeness (QED) is 0.669. The summed E-state index contributed by atoms with van der Waals surface area (Å²) in [6.07, 6.45) is 0.918. The third-order valence-corrected chi connectivity index (χ3v) is 2.63. The van der Waals surface area contributed by atoms with Gasteiger partial charge in [0.1, 0.15) is 0 Å². The first kappa shape index (κ1) is 13.8. The minimum atomic E-state index is -0.657. The van der Waals surface area contributed by atoms with Crippen LogP contribution in [-0.2, 0) is 9.63 Å². The van der Waals surface area contributed by atoms with Gasteiger partial charge >= 0.3 is 0 Å². The average Bonchev–Trinajstić information content (AvgIpc) is 2.49. The minimum absolute atomic E-state index is 0.235. The van der Waals surface area contributed by atoms with Crippen molar-refractivity contribution < 1.29 is 9.63 Å². The highest BCUT2D eigenvalue weighted by molar-refractivity contribution is 5.93. The van der Waals surface area contributed by atoms with Crippen LogP contribution in [0.3, 0.4) is 0 Å². The van der Waals surface area contributed by atoms with Crippen LogP contribution in [0.1, 0.15) is 12.5 Å². The second-order valence-corrected chi connectivity index (χ2v) is 4.25. The molecule has 0 saturated carbocycles. The molecule has 20 heavy (non-hydrogen) atoms. The van der Waals surface area contributed by atoms with E-state index in [9.17, 15) is 4.79 Å². The number of benzene rings is 2. The van der Waals surface area contributed by atoms with Gasteiger partial charge < -0.3 is 10.2 Å². The van der Waals surface area contributed by atoms with Crippen LogP contribution in [0.25, 0.3) is 0 Å². The molecule has 0 aliphatic rings. The van der Waals surface area contributed by atoms with Gasteiger partial charge in [-0.3, -0.25) is 4.79 Å². The number of hydrogen-bond acceptors (Lipinski definition) is 3. The molecule has 0 unspecified atom stereocenters. The van der Waals surface area contributed by atoms with Gasteiger partial charge in [-0.25, -0.2) is 0 Å². The second kappa shape index (κ2) is 7.09. The highest BCUT2D eigenvalue weighted by atomic mass is 16.6. The Morgan fingerprint density at radius 1 is 1.10 bits per heavy atom. The summed E-state index contributed by atoms with van der Waals surface area (Å²) in [5, 5.41) is 6.57. The topological polar surface area (TPSA) is 50.7 Å². The molecule has 0 radical (unpaired) electrons. The van der Waals surface area contributed by atoms with Gasteiger partial charge in [-0.05, 0) is 24.6 Å². The highest BCUT2D eigenvalue weighted by Crippen LogP contribution is 2.06. The number of nitrogens with one attached hydrogen (secondary N) is 1. The van der Waals surface area contributed by atoms with E-state index < -0.39 is 6.10 Å². The van der Waals surface area contributed by atoms with E-state index >= 15 is 0 Å². The first-order valence-electron chi connectivity index (χ1n) is 6.36. The van der Waals surface area contributed by atoms with Gasteiger partial charge in [-0.1, -0.05) is 53.7 Å². The molecule has 0 heterocycles. The number of para-hydroxylation sites is 1. The van der Waals surface area contributed by atoms with E-state index in [1.54, 1.807) is 13.1 Å². The van der Waals surface area contributed by atoms with Crippen LogP contribution < -0.4 is 5.32 Å². The minimum Gasteiger partial charge on any atom is -0.383 e. The second-order valence-electron chi connectivity index (χ2n) is 4.25. The van der Waals surface area contributed by atoms with Gasteiger partial charge in [0.05, 0.1) is 6.21 Å². The number of oxime groups is 1. The molecule has 2 aromatic carbocycles. The lowest BCUT2D eigenvalue weighted by molar-refractivity contribution is -0.126. The van der Waals surface area contributed by atoms with Crippen molar-refractivity contribution in [3.63, 3.8) is 0 Å². The maximum absolute atomic E-state index is 11.8. The Kier molecular flexibility index (Phi) is 4.89. The fraction of sp³-hybridized carbons (Fsp3) is 0.125. The third-order valence-electron chi connectivity index (χ3n) is 2.63. The fourth-order valence-corrected chi connectivity index (χ4v) is 1.53. The predicted molar refractivity (Wildman–Crippen MR) is 79.7 cm³/mol. The Morgan fingerprint density at radius 2 is 1.70 bits per heavy atom. The Labute approximate surface area is 118 Å². The standard InChI is InChI=1S/C16H16N2O2/c1-13(16(19)18-15-10-6-3-7-11-15)20-17-12-14-8-4-2-5-9-14/h2-13H,1H3,(H,18,19)/b17-12-/t13-/m1/s1. The Hall–Kier alpha value is -2.62. The van der Waals surface area contributed by atoms with Crippen LogP contribution in [-0.4, -0.2) is 18.2 Å². The summed E-state index contributed by atoms with van der Waals surface area (Å²) in [4.78, 5) is 17.0. The van der Waals surface area contributed by atoms with E-state index in [-0.39, 0.29) is 5.91 Å². The first-order chi connectivity index (χ1) is 9.75. The van der Waals surface area contributed by atoms with Gasteiger partial charge in [0.25, 0.3) is 5.91 Å². The Balaban J connectivity index is 1.84. The van der Waals surface area contributed by atoms with E-state index in [2.05, 4.69) is 10.5 Å². The van der Waals surface area contributed by atoms with Gasteiger partial charge in [0, 0.05) is 5.69 Å². The summed E-state index contributed by atoms with van der Waals surface area (Å²) in [5.41, 5.74) is 1.66. The van der Waals surface area contributed by atoms with Crippen LogP contribution in [0, 0.1) is 0 Å². The van der Waals surface area contributed by atoms with Crippen LogP contribution in [0.2, 0.25) is 0 Å². The van der Waals surface area contributed by atoms with Crippen LogP contribution >= 0.6 is 0 Å². The van der Waals surface area contributed by atoms with Gasteiger partial charge in [-0.2, -0.15) is 0 Å². The summed E-state index contributed by atoms with van der Waals surface area (Å²) in [7, 11) is 0. The lowest BCUT2D eigenvalue weighted by Gasteiger charge is -2.10. The number of rotatable bonds is 5. The summed E-state index contributed by atoms with van der Waals surface area (Å²) in [6, 6.07) is 18.8. The smallest absolute Gasteiger partial charge is 0.267 e. The lowest BCUT2D eigenvalue weighted by atomic mass is 10.2. The van der Waals surface area contributed by atoms with Crippen molar-refractivity contribution in [1.29, 1.82) is 0 Å². The maximum Gasteiger partial charge on any atom is 0.267 e. The molecular weight excluding hydrogens is 252 g/mol. The zero-order chi connectivity index (χ0) is 14.2. The van der Waals surface area contributed by atoms with Crippen molar-refractivity contribution in [2.24, 2.45) is 5.16 Å². The highest BCUT2D eigenvalue weighted by Gasteiger charge is 2.13. The van der Waals surface area contributed by atoms with E-state index in [1.165, 1.54) is 0 Å². The molecule has 0 aliphatic carbocycles. The van der Waals surface area contributed by atoms with E-state index in [4.69, 9.17) is 4.84 Å². The molecule has 0 aromatic heterocycles. The zero-order valence-corrected chi connectivity index (χ0v) is 11.2. The summed E-state index contributed by atoms with van der Waals surface area (Å²) in [5.74, 6) is -0.235. The van der Waals surface area contributed by atoms with Crippen molar-refractivity contribution in [3.8, 4) is 0 Å². The lowest BCUT2D eigenvalue weighted by Crippen LogP contribution is -2.26. The van der Waals surface area contributed by atoms with Crippen LogP contribution in [0.4, 0.5) is 5.69 Å². The summed E-state index contributed by atoms with van der Waals surface area (Å²) < 4.78 is 0. The van der Waals surface area contributed by atoms with Crippen molar-refractivity contribution in [1.82, 2.24) is 0 Å². The Morgan fingerprint density at radius 3 is 2.35 bits per heavy atom. The molecular formula is C16H16N2O2. The molecule has 4 nitrogen and oxygen atoms in total. The number of carbonyl (C=O) groups excluding carboxylic acids is 1. The summed E-state index contributed by atoms with van der Waals surface area (Å²) in [6.45, 7) is 1.65. The number of nitrogens with zero attached hydrogens (tertiary/aromatic N) is 1. The normalized spacial score (nSPS) is 12.1. The number of amides is 1. The zero-order valence-electron chi connectivity index (χ0n) is 11.2. The molecule has 1 N–H and O–H groups in total. The van der Waals surface area contributed by atoms with Gasteiger partial charge in [0.2, 0.25) is 6.10 Å². The van der Waals surface area contributed by atoms with E-state index in [0.29, 0.717) is 0 Å². The fourth-order valence-electron chi connectivity index (χ4n) is 1.53. The molecule has 1 amide bonds. The maximum atomic E-state index is 11.8. The monoisotopic (exact) mass is 268 g/mol. The SMILES string of the molecule is C[C@@H](O/N=C\c1ccccc1)C(=O)Nc1ccccc1. The molecule has 2 aromatic rings. The molecule has 0 spiro atoms. The average molecular weight is 268 g/mol. The largest absolute Gasteiger partial charge is 0.383 e. The van der Waals surface area contributed by atoms with E-state index in [0.717, 1.165) is 11.3 Å². The third kappa shape index (κ3) is 4.24. The van der Waals surface area contributed by atoms with Crippen molar-refractivity contribution in [2.75, 3.05) is 5.32 Å². The van der Waals surface area contributed by atoms with Gasteiger partial charge in [0.15, 0.2) is 0 Å². The number of anilines is 1. The van der Waals surface area contributed by atoms with Crippen LogP contribution in [0.15, 0.2) is 65.8 Å². The molecule has 0 bridgehead atoms. The molecule has 0 fully saturated rings. The molecule has 0 saturated heterocycles.